The van der Waals surface area contributed by atoms with Crippen molar-refractivity contribution < 1.29 is 33.3 Å². The predicted molar refractivity (Wildman–Crippen MR) is 102 cm³/mol. The molecule has 7 heteroatoms. The Hall–Kier alpha value is -1.63. The van der Waals surface area contributed by atoms with Crippen molar-refractivity contribution in [3.63, 3.8) is 0 Å². The summed E-state index contributed by atoms with van der Waals surface area (Å²) in [5, 5.41) is 0. The molecule has 2 saturated heterocycles. The Morgan fingerprint density at radius 3 is 2.55 bits per heavy atom. The van der Waals surface area contributed by atoms with Crippen molar-refractivity contribution in [1.29, 1.82) is 0 Å². The molecule has 0 radical (unpaired) electrons. The monoisotopic (exact) mass is 408 g/mol. The van der Waals surface area contributed by atoms with Crippen LogP contribution in [0.1, 0.15) is 65.7 Å². The molecule has 0 bridgehead atoms. The van der Waals surface area contributed by atoms with Crippen LogP contribution >= 0.6 is 0 Å². The fourth-order valence-electron chi connectivity index (χ4n) is 7.41. The minimum Gasteiger partial charge on any atom is -0.467 e. The predicted octanol–water partition coefficient (Wildman–Crippen LogP) is 2.79. The number of cyclic esters (lactones) is 1. The second-order valence-electron chi connectivity index (χ2n) is 10.1. The molecule has 0 aromatic carbocycles. The molecule has 0 aromatic heterocycles. The minimum atomic E-state index is -0.512. The Kier molecular flexibility index (Phi) is 4.95. The molecule has 29 heavy (non-hydrogen) atoms. The summed E-state index contributed by atoms with van der Waals surface area (Å²) in [7, 11) is 0. The van der Waals surface area contributed by atoms with Crippen molar-refractivity contribution >= 4 is 18.9 Å². The topological polar surface area (TPSA) is 88.1 Å². The highest BCUT2D eigenvalue weighted by Gasteiger charge is 2.70. The van der Waals surface area contributed by atoms with E-state index in [-0.39, 0.29) is 35.6 Å². The maximum atomic E-state index is 11.9. The maximum absolute atomic E-state index is 11.9. The van der Waals surface area contributed by atoms with E-state index in [0.29, 0.717) is 38.3 Å². The lowest BCUT2D eigenvalue weighted by Crippen LogP contribution is -2.66. The molecule has 2 aliphatic heterocycles. The van der Waals surface area contributed by atoms with Crippen LogP contribution in [-0.4, -0.2) is 49.4 Å². The zero-order valence-corrected chi connectivity index (χ0v) is 17.6. The van der Waals surface area contributed by atoms with Crippen molar-refractivity contribution in [1.82, 2.24) is 0 Å². The smallest absolute Gasteiger partial charge is 0.308 e. The third-order valence-corrected chi connectivity index (χ3v) is 8.87. The van der Waals surface area contributed by atoms with E-state index in [1.54, 1.807) is 0 Å². The van der Waals surface area contributed by atoms with Gasteiger partial charge in [0.05, 0.1) is 12.0 Å². The summed E-state index contributed by atoms with van der Waals surface area (Å²) in [5.41, 5.74) is -1.53. The van der Waals surface area contributed by atoms with E-state index in [0.717, 1.165) is 32.1 Å². The van der Waals surface area contributed by atoms with Gasteiger partial charge in [-0.15, -0.1) is 0 Å². The number of ether oxygens (including phenoxy) is 4. The molecule has 162 valence electrons. The van der Waals surface area contributed by atoms with Gasteiger partial charge in [0, 0.05) is 10.8 Å². The van der Waals surface area contributed by atoms with Gasteiger partial charge in [0.15, 0.2) is 0 Å². The van der Waals surface area contributed by atoms with Crippen molar-refractivity contribution in [3.8, 4) is 0 Å². The Bertz CT molecular complexity index is 695. The van der Waals surface area contributed by atoms with Crippen LogP contribution in [0.3, 0.4) is 0 Å². The molecule has 7 nitrogen and oxygen atoms in total. The van der Waals surface area contributed by atoms with E-state index in [9.17, 15) is 14.4 Å². The lowest BCUT2D eigenvalue weighted by Gasteiger charge is -2.65. The number of hydrogen-bond donors (Lipinski definition) is 0. The third kappa shape index (κ3) is 2.83. The number of carbonyl (C=O) groups is 3. The van der Waals surface area contributed by atoms with E-state index in [1.165, 1.54) is 0 Å². The average molecular weight is 408 g/mol. The van der Waals surface area contributed by atoms with Crippen molar-refractivity contribution in [2.75, 3.05) is 13.2 Å². The molecule has 7 atom stereocenters. The van der Waals surface area contributed by atoms with Gasteiger partial charge < -0.3 is 18.9 Å². The van der Waals surface area contributed by atoms with Crippen LogP contribution in [0, 0.1) is 22.7 Å². The maximum Gasteiger partial charge on any atom is 0.308 e. The SMILES string of the molecule is C[C@@H]1CC[C@H]2[C@](C)(COC=O)[C@@H](OC=O)CC[C@]2(C)[C@@]12CC[C@@]1(COC(=O)C1)O2. The number of carbonyl (C=O) groups excluding carboxylic acids is 3. The standard InChI is InChI=1S/C22H32O7/c1-15-4-5-16-19(2,11-26-13-23)17(28-14-24)6-7-20(16,3)22(15)9-8-21(29-22)10-18(25)27-12-21/h13-17H,4-12H2,1-3H3/t15-,16+,17+,19+,20+,21-,22-/m1/s1. The Balaban J connectivity index is 1.71. The summed E-state index contributed by atoms with van der Waals surface area (Å²) in [4.78, 5) is 34.0. The number of fused-ring (bicyclic) bond motifs is 2. The van der Waals surface area contributed by atoms with Gasteiger partial charge in [0.25, 0.3) is 12.9 Å². The molecule has 2 aliphatic carbocycles. The molecule has 2 heterocycles. The lowest BCUT2D eigenvalue weighted by atomic mass is 9.43. The van der Waals surface area contributed by atoms with Crippen LogP contribution in [0.5, 0.6) is 0 Å². The summed E-state index contributed by atoms with van der Waals surface area (Å²) in [6, 6.07) is 0. The van der Waals surface area contributed by atoms with E-state index < -0.39 is 11.0 Å². The molecule has 0 aromatic rings. The molecule has 4 rings (SSSR count). The first-order chi connectivity index (χ1) is 13.8. The van der Waals surface area contributed by atoms with Crippen LogP contribution in [-0.2, 0) is 33.3 Å². The van der Waals surface area contributed by atoms with E-state index in [2.05, 4.69) is 20.8 Å². The second-order valence-corrected chi connectivity index (χ2v) is 10.1. The number of hydrogen-bond acceptors (Lipinski definition) is 7. The lowest BCUT2D eigenvalue weighted by molar-refractivity contribution is -0.267. The van der Waals surface area contributed by atoms with Gasteiger partial charge in [0.1, 0.15) is 24.9 Å². The molecular formula is C22H32O7. The van der Waals surface area contributed by atoms with Gasteiger partial charge >= 0.3 is 5.97 Å². The normalized spacial score (nSPS) is 48.9. The minimum absolute atomic E-state index is 0.165. The van der Waals surface area contributed by atoms with Crippen LogP contribution in [0.15, 0.2) is 0 Å². The first-order valence-electron chi connectivity index (χ1n) is 10.8. The number of rotatable bonds is 5. The van der Waals surface area contributed by atoms with Gasteiger partial charge in [-0.2, -0.15) is 0 Å². The van der Waals surface area contributed by atoms with Gasteiger partial charge in [0.2, 0.25) is 0 Å². The molecule has 4 fully saturated rings. The van der Waals surface area contributed by atoms with Gasteiger partial charge in [-0.05, 0) is 50.4 Å². The fraction of sp³-hybridized carbons (Fsp3) is 0.864. The number of esters is 1. The van der Waals surface area contributed by atoms with Crippen LogP contribution in [0.4, 0.5) is 0 Å². The largest absolute Gasteiger partial charge is 0.467 e. The van der Waals surface area contributed by atoms with Crippen molar-refractivity contribution in [3.05, 3.63) is 0 Å². The third-order valence-electron chi connectivity index (χ3n) is 8.87. The van der Waals surface area contributed by atoms with Gasteiger partial charge in [-0.25, -0.2) is 0 Å². The van der Waals surface area contributed by atoms with E-state index in [4.69, 9.17) is 18.9 Å². The van der Waals surface area contributed by atoms with E-state index >= 15 is 0 Å². The molecule has 2 saturated carbocycles. The Labute approximate surface area is 171 Å². The summed E-state index contributed by atoms with van der Waals surface area (Å²) in [5.74, 6) is 0.330. The Morgan fingerprint density at radius 2 is 1.90 bits per heavy atom. The van der Waals surface area contributed by atoms with Crippen molar-refractivity contribution in [2.45, 2.75) is 83.0 Å². The molecule has 0 unspecified atom stereocenters. The molecular weight excluding hydrogens is 376 g/mol. The molecule has 0 N–H and O–H groups in total. The highest BCUT2D eigenvalue weighted by atomic mass is 16.6. The zero-order chi connectivity index (χ0) is 20.9. The van der Waals surface area contributed by atoms with Crippen molar-refractivity contribution in [2.24, 2.45) is 22.7 Å². The molecule has 2 spiro atoms. The quantitative estimate of drug-likeness (QED) is 0.393. The summed E-state index contributed by atoms with van der Waals surface area (Å²) in [6.07, 6.45) is 5.24. The Morgan fingerprint density at radius 1 is 1.10 bits per heavy atom. The van der Waals surface area contributed by atoms with Crippen LogP contribution in [0.25, 0.3) is 0 Å². The van der Waals surface area contributed by atoms with Crippen LogP contribution in [0.2, 0.25) is 0 Å². The first-order valence-corrected chi connectivity index (χ1v) is 10.8. The zero-order valence-electron chi connectivity index (χ0n) is 17.6. The second kappa shape index (κ2) is 6.96. The summed E-state index contributed by atoms with van der Waals surface area (Å²) >= 11 is 0. The van der Waals surface area contributed by atoms with Crippen LogP contribution < -0.4 is 0 Å². The highest BCUT2D eigenvalue weighted by molar-refractivity contribution is 5.73. The average Bonchev–Trinajstić information content (AvgIpc) is 3.25. The highest BCUT2D eigenvalue weighted by Crippen LogP contribution is 2.68. The van der Waals surface area contributed by atoms with E-state index in [1.807, 2.05) is 0 Å². The first kappa shape index (κ1) is 20.6. The summed E-state index contributed by atoms with van der Waals surface area (Å²) < 4.78 is 23.0. The molecule has 4 aliphatic rings. The molecule has 0 amide bonds. The van der Waals surface area contributed by atoms with Gasteiger partial charge in [-0.1, -0.05) is 20.8 Å². The summed E-state index contributed by atoms with van der Waals surface area (Å²) in [6.45, 7) is 8.15. The fourth-order valence-corrected chi connectivity index (χ4v) is 7.41. The van der Waals surface area contributed by atoms with Gasteiger partial charge in [-0.3, -0.25) is 14.4 Å².